The summed E-state index contributed by atoms with van der Waals surface area (Å²) in [6, 6.07) is 0. The van der Waals surface area contributed by atoms with Gasteiger partial charge in [-0.1, -0.05) is 6.08 Å². The molecule has 74 valence electrons. The van der Waals surface area contributed by atoms with Gasteiger partial charge < -0.3 is 10.5 Å². The maximum absolute atomic E-state index is 10.3. The summed E-state index contributed by atoms with van der Waals surface area (Å²) >= 11 is 1.72. The highest BCUT2D eigenvalue weighted by Crippen LogP contribution is 1.96. The van der Waals surface area contributed by atoms with Crippen molar-refractivity contribution in [1.29, 1.82) is 0 Å². The minimum Gasteiger partial charge on any atom is -0.477 e. The van der Waals surface area contributed by atoms with Crippen molar-refractivity contribution in [2.75, 3.05) is 18.1 Å². The molecule has 0 bridgehead atoms. The van der Waals surface area contributed by atoms with E-state index in [1.807, 2.05) is 6.08 Å². The number of carbonyl (C=O) groups is 1. The molecular formula is C8H14N2O2S. The van der Waals surface area contributed by atoms with Crippen LogP contribution in [-0.4, -0.2) is 34.8 Å². The highest BCUT2D eigenvalue weighted by Gasteiger charge is 1.99. The lowest BCUT2D eigenvalue weighted by atomic mass is 10.4. The van der Waals surface area contributed by atoms with E-state index >= 15 is 0 Å². The number of hydrogen-bond acceptors (Lipinski definition) is 4. The number of nitrogens with zero attached hydrogens (tertiary/aromatic N) is 1. The Morgan fingerprint density at radius 1 is 1.77 bits per heavy atom. The molecule has 0 heterocycles. The third-order valence-corrected chi connectivity index (χ3v) is 2.11. The monoisotopic (exact) mass is 202 g/mol. The standard InChI is InChI=1S/C8H14N2O2S/c1-3-5-13-6-4-9-10-7(2)8(11)12/h3,9H,1,4-6H2,2H3,(H,11,12)/b10-7-. The molecule has 0 unspecified atom stereocenters. The summed E-state index contributed by atoms with van der Waals surface area (Å²) in [6.07, 6.45) is 1.83. The molecule has 0 spiro atoms. The van der Waals surface area contributed by atoms with Crippen LogP contribution in [0.5, 0.6) is 0 Å². The van der Waals surface area contributed by atoms with Gasteiger partial charge in [0.25, 0.3) is 0 Å². The van der Waals surface area contributed by atoms with E-state index in [1.54, 1.807) is 11.8 Å². The fraction of sp³-hybridized carbons (Fsp3) is 0.500. The summed E-state index contributed by atoms with van der Waals surface area (Å²) in [4.78, 5) is 10.3. The Balaban J connectivity index is 3.39. The number of nitrogens with one attached hydrogen (secondary N) is 1. The van der Waals surface area contributed by atoms with Gasteiger partial charge in [-0.2, -0.15) is 16.9 Å². The van der Waals surface area contributed by atoms with Gasteiger partial charge in [-0.05, 0) is 6.92 Å². The van der Waals surface area contributed by atoms with Crippen molar-refractivity contribution in [2.24, 2.45) is 5.10 Å². The van der Waals surface area contributed by atoms with Crippen molar-refractivity contribution in [3.8, 4) is 0 Å². The fourth-order valence-corrected chi connectivity index (χ4v) is 1.08. The lowest BCUT2D eigenvalue weighted by Crippen LogP contribution is -2.17. The Kier molecular flexibility index (Phi) is 7.10. The van der Waals surface area contributed by atoms with E-state index in [0.29, 0.717) is 6.54 Å². The van der Waals surface area contributed by atoms with Gasteiger partial charge in [0.2, 0.25) is 0 Å². The molecule has 0 aliphatic heterocycles. The van der Waals surface area contributed by atoms with Crippen LogP contribution in [0.15, 0.2) is 17.8 Å². The second-order valence-electron chi connectivity index (χ2n) is 2.27. The molecule has 0 atom stereocenters. The van der Waals surface area contributed by atoms with Gasteiger partial charge in [0.15, 0.2) is 0 Å². The van der Waals surface area contributed by atoms with E-state index < -0.39 is 5.97 Å². The lowest BCUT2D eigenvalue weighted by molar-refractivity contribution is -0.129. The maximum Gasteiger partial charge on any atom is 0.351 e. The molecule has 0 aromatic carbocycles. The predicted octanol–water partition coefficient (Wildman–Crippen LogP) is 0.956. The molecule has 0 saturated carbocycles. The molecular weight excluding hydrogens is 188 g/mol. The van der Waals surface area contributed by atoms with Gasteiger partial charge in [0.1, 0.15) is 5.71 Å². The van der Waals surface area contributed by atoms with Crippen molar-refractivity contribution in [1.82, 2.24) is 5.43 Å². The van der Waals surface area contributed by atoms with E-state index in [1.165, 1.54) is 6.92 Å². The van der Waals surface area contributed by atoms with Crippen LogP contribution in [0.3, 0.4) is 0 Å². The molecule has 5 heteroatoms. The van der Waals surface area contributed by atoms with Crippen molar-refractivity contribution in [2.45, 2.75) is 6.92 Å². The number of carboxylic acid groups (broad SMARTS) is 1. The highest BCUT2D eigenvalue weighted by molar-refractivity contribution is 7.99. The zero-order valence-corrected chi connectivity index (χ0v) is 8.43. The Morgan fingerprint density at radius 3 is 3.00 bits per heavy atom. The molecule has 0 aliphatic carbocycles. The summed E-state index contributed by atoms with van der Waals surface area (Å²) < 4.78 is 0. The molecule has 0 saturated heterocycles. The Bertz CT molecular complexity index is 204. The van der Waals surface area contributed by atoms with Gasteiger partial charge in [-0.15, -0.1) is 6.58 Å². The van der Waals surface area contributed by atoms with E-state index in [0.717, 1.165) is 11.5 Å². The third-order valence-electron chi connectivity index (χ3n) is 1.15. The minimum absolute atomic E-state index is 0.0775. The van der Waals surface area contributed by atoms with Crippen molar-refractivity contribution in [3.05, 3.63) is 12.7 Å². The van der Waals surface area contributed by atoms with Crippen LogP contribution in [-0.2, 0) is 4.79 Å². The zero-order valence-electron chi connectivity index (χ0n) is 7.62. The molecule has 0 fully saturated rings. The average Bonchev–Trinajstić information content (AvgIpc) is 2.10. The van der Waals surface area contributed by atoms with Gasteiger partial charge in [-0.25, -0.2) is 4.79 Å². The molecule has 13 heavy (non-hydrogen) atoms. The van der Waals surface area contributed by atoms with Gasteiger partial charge >= 0.3 is 5.97 Å². The molecule has 2 N–H and O–H groups in total. The van der Waals surface area contributed by atoms with Gasteiger partial charge in [-0.3, -0.25) is 0 Å². The number of hydrogen-bond donors (Lipinski definition) is 2. The largest absolute Gasteiger partial charge is 0.477 e. The number of aliphatic carboxylic acids is 1. The molecule has 0 radical (unpaired) electrons. The smallest absolute Gasteiger partial charge is 0.351 e. The van der Waals surface area contributed by atoms with Gasteiger partial charge in [0.05, 0.1) is 0 Å². The Morgan fingerprint density at radius 2 is 2.46 bits per heavy atom. The first kappa shape index (κ1) is 12.0. The predicted molar refractivity (Wildman–Crippen MR) is 56.3 cm³/mol. The molecule has 0 aromatic rings. The molecule has 0 aromatic heterocycles. The summed E-state index contributed by atoms with van der Waals surface area (Å²) in [5.74, 6) is 0.803. The first-order chi connectivity index (χ1) is 6.18. The Labute approximate surface area is 82.1 Å². The SMILES string of the molecule is C=CCSCCN/N=C(/C)C(=O)O. The fourth-order valence-electron chi connectivity index (χ4n) is 0.507. The van der Waals surface area contributed by atoms with Crippen molar-refractivity contribution >= 4 is 23.4 Å². The quantitative estimate of drug-likeness (QED) is 0.279. The highest BCUT2D eigenvalue weighted by atomic mass is 32.2. The third kappa shape index (κ3) is 7.39. The first-order valence-electron chi connectivity index (χ1n) is 3.87. The topological polar surface area (TPSA) is 61.7 Å². The van der Waals surface area contributed by atoms with Crippen LogP contribution in [0.4, 0.5) is 0 Å². The van der Waals surface area contributed by atoms with E-state index in [-0.39, 0.29) is 5.71 Å². The molecule has 4 nitrogen and oxygen atoms in total. The summed E-state index contributed by atoms with van der Waals surface area (Å²) in [5.41, 5.74) is 2.75. The summed E-state index contributed by atoms with van der Waals surface area (Å²) in [7, 11) is 0. The molecule has 0 aliphatic rings. The van der Waals surface area contributed by atoms with Crippen LogP contribution in [0, 0.1) is 0 Å². The normalized spacial score (nSPS) is 11.0. The van der Waals surface area contributed by atoms with Crippen LogP contribution < -0.4 is 5.43 Å². The molecule has 0 rings (SSSR count). The number of carboxylic acids is 1. The summed E-state index contributed by atoms with van der Waals surface area (Å²) in [5, 5.41) is 12.1. The second kappa shape index (κ2) is 7.67. The van der Waals surface area contributed by atoms with Crippen molar-refractivity contribution < 1.29 is 9.90 Å². The number of rotatable bonds is 7. The van der Waals surface area contributed by atoms with Crippen LogP contribution in [0.2, 0.25) is 0 Å². The van der Waals surface area contributed by atoms with E-state index in [9.17, 15) is 4.79 Å². The first-order valence-corrected chi connectivity index (χ1v) is 5.03. The second-order valence-corrected chi connectivity index (χ2v) is 3.42. The Hall–Kier alpha value is -0.970. The van der Waals surface area contributed by atoms with Crippen LogP contribution in [0.25, 0.3) is 0 Å². The maximum atomic E-state index is 10.3. The minimum atomic E-state index is -0.994. The lowest BCUT2D eigenvalue weighted by Gasteiger charge is -1.99. The van der Waals surface area contributed by atoms with Crippen molar-refractivity contribution in [3.63, 3.8) is 0 Å². The molecule has 0 amide bonds. The van der Waals surface area contributed by atoms with Gasteiger partial charge in [0, 0.05) is 18.1 Å². The van der Waals surface area contributed by atoms with E-state index in [4.69, 9.17) is 5.11 Å². The van der Waals surface area contributed by atoms with E-state index in [2.05, 4.69) is 17.1 Å². The number of thioether (sulfide) groups is 1. The average molecular weight is 202 g/mol. The number of hydrazone groups is 1. The summed E-state index contributed by atoms with van der Waals surface area (Å²) in [6.45, 7) is 5.70. The van der Waals surface area contributed by atoms with Crippen LogP contribution >= 0.6 is 11.8 Å². The van der Waals surface area contributed by atoms with Crippen LogP contribution in [0.1, 0.15) is 6.92 Å². The zero-order chi connectivity index (χ0) is 10.1.